The van der Waals surface area contributed by atoms with Gasteiger partial charge in [-0.3, -0.25) is 14.5 Å². The van der Waals surface area contributed by atoms with E-state index in [1.54, 1.807) is 10.9 Å². The summed E-state index contributed by atoms with van der Waals surface area (Å²) in [6.07, 6.45) is 1.80. The van der Waals surface area contributed by atoms with E-state index in [0.717, 1.165) is 17.2 Å². The number of nitrogens with zero attached hydrogens (tertiary/aromatic N) is 6. The first-order valence-electron chi connectivity index (χ1n) is 10.8. The summed E-state index contributed by atoms with van der Waals surface area (Å²) in [5.41, 5.74) is 2.09. The van der Waals surface area contributed by atoms with Gasteiger partial charge in [-0.15, -0.1) is 0 Å². The molecule has 0 spiro atoms. The molecule has 1 aliphatic rings. The molecule has 0 fully saturated rings. The van der Waals surface area contributed by atoms with Crippen molar-refractivity contribution in [1.29, 1.82) is 0 Å². The molecule has 3 aromatic heterocycles. The zero-order valence-corrected chi connectivity index (χ0v) is 19.0. The number of aromatic nitrogens is 5. The molecule has 1 amide bonds. The second-order valence-corrected chi connectivity index (χ2v) is 8.23. The molecule has 1 aliphatic heterocycles. The summed E-state index contributed by atoms with van der Waals surface area (Å²) in [4.78, 5) is 26.3. The third-order valence-electron chi connectivity index (χ3n) is 5.72. The molecule has 0 aromatic carbocycles. The van der Waals surface area contributed by atoms with Gasteiger partial charge in [0, 0.05) is 38.1 Å². The monoisotopic (exact) mass is 474 g/mol. The van der Waals surface area contributed by atoms with Gasteiger partial charge in [0.05, 0.1) is 11.9 Å². The molecule has 1 atom stereocenters. The van der Waals surface area contributed by atoms with Crippen LogP contribution in [-0.4, -0.2) is 43.7 Å². The van der Waals surface area contributed by atoms with E-state index < -0.39 is 11.9 Å². The van der Waals surface area contributed by atoms with E-state index in [2.05, 4.69) is 30.7 Å². The van der Waals surface area contributed by atoms with Crippen LogP contribution in [0.15, 0.2) is 30.7 Å². The molecule has 0 bridgehead atoms. The molecule has 34 heavy (non-hydrogen) atoms. The first kappa shape index (κ1) is 23.5. The standard InChI is InChI=1S/C22H25F3N8O/c1-13-18-19(32(3)14(2)20(34)30-18)31-21(29-13)27-10-16-11-28-33(12-16)8-4-5-15-6-7-17(26-9-15)22(23,24)25/h6-7,9,11-12,14H,4-5,8,10H2,1-3H3,(H,30,34)(H,27,29,31). The first-order chi connectivity index (χ1) is 16.1. The van der Waals surface area contributed by atoms with Crippen LogP contribution in [0.1, 0.15) is 35.9 Å². The van der Waals surface area contributed by atoms with Crippen molar-refractivity contribution >= 4 is 23.4 Å². The third-order valence-corrected chi connectivity index (χ3v) is 5.72. The van der Waals surface area contributed by atoms with Gasteiger partial charge in [0.15, 0.2) is 5.82 Å². The molecule has 12 heteroatoms. The predicted octanol–water partition coefficient (Wildman–Crippen LogP) is 3.42. The molecule has 0 saturated carbocycles. The highest BCUT2D eigenvalue weighted by Crippen LogP contribution is 2.32. The van der Waals surface area contributed by atoms with E-state index in [9.17, 15) is 18.0 Å². The Balaban J connectivity index is 1.31. The van der Waals surface area contributed by atoms with Crippen molar-refractivity contribution in [3.8, 4) is 0 Å². The highest BCUT2D eigenvalue weighted by Gasteiger charge is 2.32. The first-order valence-corrected chi connectivity index (χ1v) is 10.8. The van der Waals surface area contributed by atoms with Gasteiger partial charge in [0.1, 0.15) is 17.4 Å². The molecule has 2 N–H and O–H groups in total. The largest absolute Gasteiger partial charge is 0.433 e. The number of nitrogens with one attached hydrogen (secondary N) is 2. The van der Waals surface area contributed by atoms with Gasteiger partial charge in [-0.2, -0.15) is 23.3 Å². The number of likely N-dealkylation sites (N-methyl/N-ethyl adjacent to an activating group) is 1. The number of amides is 1. The van der Waals surface area contributed by atoms with Crippen LogP contribution in [0.2, 0.25) is 0 Å². The Bertz CT molecular complexity index is 1180. The number of halogens is 3. The number of anilines is 3. The maximum absolute atomic E-state index is 12.6. The lowest BCUT2D eigenvalue weighted by molar-refractivity contribution is -0.141. The quantitative estimate of drug-likeness (QED) is 0.541. The minimum Gasteiger partial charge on any atom is -0.350 e. The Morgan fingerprint density at radius 3 is 2.68 bits per heavy atom. The summed E-state index contributed by atoms with van der Waals surface area (Å²) >= 11 is 0. The van der Waals surface area contributed by atoms with Crippen LogP contribution < -0.4 is 15.5 Å². The summed E-state index contributed by atoms with van der Waals surface area (Å²) in [5, 5.41) is 10.4. The van der Waals surface area contributed by atoms with Crippen LogP contribution in [0.5, 0.6) is 0 Å². The molecule has 4 rings (SSSR count). The van der Waals surface area contributed by atoms with Crippen LogP contribution in [-0.2, 0) is 30.5 Å². The van der Waals surface area contributed by atoms with E-state index in [1.807, 2.05) is 32.0 Å². The average Bonchev–Trinajstić information content (AvgIpc) is 3.24. The van der Waals surface area contributed by atoms with Gasteiger partial charge in [-0.25, -0.2) is 4.98 Å². The van der Waals surface area contributed by atoms with Crippen molar-refractivity contribution in [1.82, 2.24) is 24.7 Å². The third kappa shape index (κ3) is 5.10. The topological polar surface area (TPSA) is 101 Å². The minimum atomic E-state index is -4.43. The lowest BCUT2D eigenvalue weighted by Gasteiger charge is -2.32. The zero-order valence-electron chi connectivity index (χ0n) is 19.0. The molecule has 1 unspecified atom stereocenters. The number of pyridine rings is 1. The van der Waals surface area contributed by atoms with E-state index >= 15 is 0 Å². The second kappa shape index (κ2) is 9.27. The van der Waals surface area contributed by atoms with E-state index in [0.29, 0.717) is 49.1 Å². The maximum Gasteiger partial charge on any atom is 0.433 e. The van der Waals surface area contributed by atoms with Crippen molar-refractivity contribution in [2.24, 2.45) is 0 Å². The second-order valence-electron chi connectivity index (χ2n) is 8.23. The fourth-order valence-corrected chi connectivity index (χ4v) is 3.61. The summed E-state index contributed by atoms with van der Waals surface area (Å²) in [6.45, 7) is 4.72. The zero-order chi connectivity index (χ0) is 24.5. The Morgan fingerprint density at radius 1 is 1.18 bits per heavy atom. The van der Waals surface area contributed by atoms with Gasteiger partial charge >= 0.3 is 6.18 Å². The number of carbonyl (C=O) groups is 1. The van der Waals surface area contributed by atoms with E-state index in [-0.39, 0.29) is 11.9 Å². The van der Waals surface area contributed by atoms with Crippen molar-refractivity contribution in [3.05, 3.63) is 53.2 Å². The van der Waals surface area contributed by atoms with Gasteiger partial charge in [-0.05, 0) is 38.3 Å². The Hall–Kier alpha value is -3.70. The van der Waals surface area contributed by atoms with Gasteiger partial charge in [-0.1, -0.05) is 6.07 Å². The lowest BCUT2D eigenvalue weighted by atomic mass is 10.1. The molecule has 0 aliphatic carbocycles. The molecule has 3 aromatic rings. The Labute approximate surface area is 194 Å². The molecular weight excluding hydrogens is 449 g/mol. The summed E-state index contributed by atoms with van der Waals surface area (Å²) < 4.78 is 39.6. The summed E-state index contributed by atoms with van der Waals surface area (Å²) in [6, 6.07) is 2.13. The number of alkyl halides is 3. The highest BCUT2D eigenvalue weighted by molar-refractivity contribution is 6.03. The van der Waals surface area contributed by atoms with Crippen LogP contribution in [0.4, 0.5) is 30.6 Å². The normalized spacial score (nSPS) is 15.8. The SMILES string of the molecule is Cc1nc(NCc2cnn(CCCc3ccc(C(F)(F)F)nc3)c2)nc2c1NC(=O)C(C)N2C. The van der Waals surface area contributed by atoms with Crippen molar-refractivity contribution in [3.63, 3.8) is 0 Å². The predicted molar refractivity (Wildman–Crippen MR) is 120 cm³/mol. The lowest BCUT2D eigenvalue weighted by Crippen LogP contribution is -2.44. The van der Waals surface area contributed by atoms with E-state index in [1.165, 1.54) is 12.3 Å². The molecular formula is C22H25F3N8O. The number of carbonyl (C=O) groups excluding carboxylic acids is 1. The van der Waals surface area contributed by atoms with Crippen LogP contribution in [0, 0.1) is 6.92 Å². The summed E-state index contributed by atoms with van der Waals surface area (Å²) in [5.74, 6) is 1.02. The number of fused-ring (bicyclic) bond motifs is 1. The van der Waals surface area contributed by atoms with Crippen LogP contribution >= 0.6 is 0 Å². The van der Waals surface area contributed by atoms with Crippen molar-refractivity contribution in [2.45, 2.75) is 52.0 Å². The highest BCUT2D eigenvalue weighted by atomic mass is 19.4. The van der Waals surface area contributed by atoms with Gasteiger partial charge in [0.2, 0.25) is 11.9 Å². The number of hydrogen-bond donors (Lipinski definition) is 2. The van der Waals surface area contributed by atoms with Crippen LogP contribution in [0.3, 0.4) is 0 Å². The van der Waals surface area contributed by atoms with Gasteiger partial charge in [0.25, 0.3) is 0 Å². The van der Waals surface area contributed by atoms with Gasteiger partial charge < -0.3 is 15.5 Å². The number of hydrogen-bond acceptors (Lipinski definition) is 7. The molecule has 0 radical (unpaired) electrons. The number of aryl methyl sites for hydroxylation is 3. The Kier molecular flexibility index (Phi) is 6.40. The fourth-order valence-electron chi connectivity index (χ4n) is 3.61. The minimum absolute atomic E-state index is 0.0931. The Morgan fingerprint density at radius 2 is 1.97 bits per heavy atom. The summed E-state index contributed by atoms with van der Waals surface area (Å²) in [7, 11) is 1.82. The molecule has 4 heterocycles. The van der Waals surface area contributed by atoms with Crippen molar-refractivity contribution in [2.75, 3.05) is 22.6 Å². The number of rotatable bonds is 7. The fraction of sp³-hybridized carbons (Fsp3) is 0.409. The molecule has 180 valence electrons. The smallest absolute Gasteiger partial charge is 0.350 e. The van der Waals surface area contributed by atoms with E-state index in [4.69, 9.17) is 0 Å². The molecule has 9 nitrogen and oxygen atoms in total. The maximum atomic E-state index is 12.6. The van der Waals surface area contributed by atoms with Crippen LogP contribution in [0.25, 0.3) is 0 Å². The van der Waals surface area contributed by atoms with Crippen molar-refractivity contribution < 1.29 is 18.0 Å². The average molecular weight is 474 g/mol. The molecule has 0 saturated heterocycles.